The molecule has 0 unspecified atom stereocenters. The SMILES string of the molecule is C[C@H]1OCCN[C@@H]1C(=O)NCCNS(=O)(=O)c1ccc([N+](=O)[O-])cc1. The minimum Gasteiger partial charge on any atom is -0.375 e. The van der Waals surface area contributed by atoms with Gasteiger partial charge >= 0.3 is 0 Å². The van der Waals surface area contributed by atoms with Crippen molar-refractivity contribution in [3.05, 3.63) is 34.4 Å². The van der Waals surface area contributed by atoms with Crippen molar-refractivity contribution < 1.29 is 22.9 Å². The van der Waals surface area contributed by atoms with Gasteiger partial charge in [0.1, 0.15) is 6.04 Å². The Balaban J connectivity index is 1.81. The average Bonchev–Trinajstić information content (AvgIpc) is 2.59. The number of benzene rings is 1. The van der Waals surface area contributed by atoms with Crippen LogP contribution in [0.1, 0.15) is 6.92 Å². The number of hydrogen-bond donors (Lipinski definition) is 3. The van der Waals surface area contributed by atoms with E-state index in [9.17, 15) is 23.3 Å². The van der Waals surface area contributed by atoms with Crippen LogP contribution in [0.15, 0.2) is 29.2 Å². The van der Waals surface area contributed by atoms with Crippen molar-refractivity contribution >= 4 is 21.6 Å². The van der Waals surface area contributed by atoms with Crippen LogP contribution in [0.3, 0.4) is 0 Å². The van der Waals surface area contributed by atoms with Crippen molar-refractivity contribution in [2.45, 2.75) is 24.0 Å². The summed E-state index contributed by atoms with van der Waals surface area (Å²) in [4.78, 5) is 21.9. The Morgan fingerprint density at radius 2 is 2.04 bits per heavy atom. The largest absolute Gasteiger partial charge is 0.375 e. The van der Waals surface area contributed by atoms with Crippen LogP contribution in [-0.4, -0.2) is 57.6 Å². The molecule has 0 aromatic heterocycles. The number of sulfonamides is 1. The normalized spacial score (nSPS) is 20.8. The van der Waals surface area contributed by atoms with Crippen LogP contribution in [0.4, 0.5) is 5.69 Å². The Hall–Kier alpha value is -2.08. The fraction of sp³-hybridized carbons (Fsp3) is 0.500. The van der Waals surface area contributed by atoms with Gasteiger partial charge in [0.05, 0.1) is 22.5 Å². The lowest BCUT2D eigenvalue weighted by Gasteiger charge is -2.29. The molecule has 1 aliphatic heterocycles. The predicted molar refractivity (Wildman–Crippen MR) is 88.5 cm³/mol. The highest BCUT2D eigenvalue weighted by molar-refractivity contribution is 7.89. The number of non-ortho nitro benzene ring substituents is 1. The Kier molecular flexibility index (Phi) is 6.42. The standard InChI is InChI=1S/C14H20N4O6S/c1-10-13(15-8-9-24-10)14(19)16-6-7-17-25(22,23)12-4-2-11(3-5-12)18(20)21/h2-5,10,13,15,17H,6-9H2,1H3,(H,16,19)/t10-,13+/m1/s1. The molecular formula is C14H20N4O6S. The maximum Gasteiger partial charge on any atom is 0.269 e. The zero-order chi connectivity index (χ0) is 18.4. The molecule has 1 fully saturated rings. The van der Waals surface area contributed by atoms with E-state index < -0.39 is 21.0 Å². The summed E-state index contributed by atoms with van der Waals surface area (Å²) in [6.45, 7) is 3.01. The van der Waals surface area contributed by atoms with Crippen molar-refractivity contribution in [2.75, 3.05) is 26.2 Å². The first kappa shape index (κ1) is 19.2. The number of nitro benzene ring substituents is 1. The number of nitrogens with zero attached hydrogens (tertiary/aromatic N) is 1. The van der Waals surface area contributed by atoms with Crippen LogP contribution in [0.25, 0.3) is 0 Å². The Labute approximate surface area is 145 Å². The molecule has 10 nitrogen and oxygen atoms in total. The van der Waals surface area contributed by atoms with E-state index in [-0.39, 0.29) is 35.7 Å². The second kappa shape index (κ2) is 8.34. The maximum atomic E-state index is 12.1. The molecular weight excluding hydrogens is 352 g/mol. The second-order valence-electron chi connectivity index (χ2n) is 5.45. The smallest absolute Gasteiger partial charge is 0.269 e. The summed E-state index contributed by atoms with van der Waals surface area (Å²) < 4.78 is 31.9. The van der Waals surface area contributed by atoms with Crippen molar-refractivity contribution in [1.82, 2.24) is 15.4 Å². The predicted octanol–water partition coefficient (Wildman–Crippen LogP) is -0.634. The van der Waals surface area contributed by atoms with Crippen molar-refractivity contribution in [2.24, 2.45) is 0 Å². The van der Waals surface area contributed by atoms with Gasteiger partial charge in [0.2, 0.25) is 15.9 Å². The topological polar surface area (TPSA) is 140 Å². The highest BCUT2D eigenvalue weighted by Gasteiger charge is 2.27. The molecule has 0 aliphatic carbocycles. The number of amides is 1. The number of carbonyl (C=O) groups is 1. The number of hydrogen-bond acceptors (Lipinski definition) is 7. The van der Waals surface area contributed by atoms with E-state index in [1.165, 1.54) is 0 Å². The third-order valence-corrected chi connectivity index (χ3v) is 5.15. The number of carbonyl (C=O) groups excluding carboxylic acids is 1. The lowest BCUT2D eigenvalue weighted by Crippen LogP contribution is -2.56. The molecule has 0 spiro atoms. The van der Waals surface area contributed by atoms with Gasteiger partial charge in [-0.05, 0) is 19.1 Å². The van der Waals surface area contributed by atoms with Crippen LogP contribution < -0.4 is 15.4 Å². The fourth-order valence-corrected chi connectivity index (χ4v) is 3.37. The molecule has 1 aliphatic rings. The third kappa shape index (κ3) is 5.19. The molecule has 11 heteroatoms. The van der Waals surface area contributed by atoms with Crippen LogP contribution in [-0.2, 0) is 19.6 Å². The van der Waals surface area contributed by atoms with Gasteiger partial charge in [-0.2, -0.15) is 0 Å². The highest BCUT2D eigenvalue weighted by atomic mass is 32.2. The van der Waals surface area contributed by atoms with E-state index in [1.807, 2.05) is 0 Å². The average molecular weight is 372 g/mol. The summed E-state index contributed by atoms with van der Waals surface area (Å²) >= 11 is 0. The van der Waals surface area contributed by atoms with Crippen molar-refractivity contribution in [3.63, 3.8) is 0 Å². The number of nitrogens with one attached hydrogen (secondary N) is 3. The van der Waals surface area contributed by atoms with Gasteiger partial charge in [0.25, 0.3) is 5.69 Å². The number of ether oxygens (including phenoxy) is 1. The third-order valence-electron chi connectivity index (χ3n) is 3.67. The lowest BCUT2D eigenvalue weighted by atomic mass is 10.1. The first-order valence-electron chi connectivity index (χ1n) is 7.68. The number of morpholine rings is 1. The maximum absolute atomic E-state index is 12.1. The molecule has 1 aromatic carbocycles. The van der Waals surface area contributed by atoms with Crippen LogP contribution in [0.5, 0.6) is 0 Å². The van der Waals surface area contributed by atoms with Gasteiger partial charge in [-0.1, -0.05) is 0 Å². The molecule has 1 amide bonds. The molecule has 3 N–H and O–H groups in total. The van der Waals surface area contributed by atoms with Crippen LogP contribution in [0, 0.1) is 10.1 Å². The van der Waals surface area contributed by atoms with E-state index in [0.29, 0.717) is 13.2 Å². The lowest BCUT2D eigenvalue weighted by molar-refractivity contribution is -0.384. The first-order valence-corrected chi connectivity index (χ1v) is 9.16. The van der Waals surface area contributed by atoms with Gasteiger partial charge in [-0.15, -0.1) is 0 Å². The molecule has 1 saturated heterocycles. The van der Waals surface area contributed by atoms with Crippen LogP contribution >= 0.6 is 0 Å². The van der Waals surface area contributed by atoms with E-state index >= 15 is 0 Å². The molecule has 0 saturated carbocycles. The summed E-state index contributed by atoms with van der Waals surface area (Å²) in [5.41, 5.74) is -0.192. The number of rotatable bonds is 7. The van der Waals surface area contributed by atoms with Gasteiger partial charge in [0, 0.05) is 31.8 Å². The minimum absolute atomic E-state index is 0.00693. The number of nitro groups is 1. The monoisotopic (exact) mass is 372 g/mol. The second-order valence-corrected chi connectivity index (χ2v) is 7.21. The molecule has 2 atom stereocenters. The van der Waals surface area contributed by atoms with E-state index in [2.05, 4.69) is 15.4 Å². The highest BCUT2D eigenvalue weighted by Crippen LogP contribution is 2.15. The van der Waals surface area contributed by atoms with Crippen LogP contribution in [0.2, 0.25) is 0 Å². The van der Waals surface area contributed by atoms with Gasteiger partial charge in [0.15, 0.2) is 0 Å². The molecule has 138 valence electrons. The molecule has 1 heterocycles. The summed E-state index contributed by atoms with van der Waals surface area (Å²) in [6.07, 6.45) is -0.259. The Morgan fingerprint density at radius 3 is 2.64 bits per heavy atom. The van der Waals surface area contributed by atoms with Gasteiger partial charge in [-0.25, -0.2) is 13.1 Å². The van der Waals surface area contributed by atoms with Crippen molar-refractivity contribution in [3.8, 4) is 0 Å². The summed E-state index contributed by atoms with van der Waals surface area (Å²) in [5.74, 6) is -0.262. The molecule has 2 rings (SSSR count). The van der Waals surface area contributed by atoms with Gasteiger partial charge in [-0.3, -0.25) is 14.9 Å². The fourth-order valence-electron chi connectivity index (χ4n) is 2.34. The Morgan fingerprint density at radius 1 is 1.36 bits per heavy atom. The zero-order valence-electron chi connectivity index (χ0n) is 13.6. The van der Waals surface area contributed by atoms with E-state index in [1.54, 1.807) is 6.92 Å². The summed E-state index contributed by atoms with van der Waals surface area (Å²) in [5, 5.41) is 16.2. The molecule has 0 bridgehead atoms. The van der Waals surface area contributed by atoms with E-state index in [4.69, 9.17) is 4.74 Å². The Bertz CT molecular complexity index is 721. The summed E-state index contributed by atoms with van der Waals surface area (Å²) in [6, 6.07) is 4.08. The van der Waals surface area contributed by atoms with Gasteiger partial charge < -0.3 is 15.4 Å². The summed E-state index contributed by atoms with van der Waals surface area (Å²) in [7, 11) is -3.80. The molecule has 1 aromatic rings. The minimum atomic E-state index is -3.80. The molecule has 0 radical (unpaired) electrons. The first-order chi connectivity index (χ1) is 11.8. The van der Waals surface area contributed by atoms with E-state index in [0.717, 1.165) is 24.3 Å². The molecule has 25 heavy (non-hydrogen) atoms. The zero-order valence-corrected chi connectivity index (χ0v) is 14.4. The quantitative estimate of drug-likeness (QED) is 0.329. The van der Waals surface area contributed by atoms with Crippen molar-refractivity contribution in [1.29, 1.82) is 0 Å².